The van der Waals surface area contributed by atoms with Crippen LogP contribution in [0.2, 0.25) is 0 Å². The minimum absolute atomic E-state index is 0.0427. The molecule has 4 rings (SSSR count). The highest BCUT2D eigenvalue weighted by Crippen LogP contribution is 2.33. The van der Waals surface area contributed by atoms with Crippen LogP contribution in [-0.4, -0.2) is 80.3 Å². The lowest BCUT2D eigenvalue weighted by Crippen LogP contribution is -2.45. The number of hydrogen-bond donors (Lipinski definition) is 1. The number of carbonyl (C=O) groups is 2. The standard InChI is InChI=1S/C22H25N5O4S2/c1-14-5-6-17-23-19(25-10-8-24(2)9-11-25)15(20(30)27(17)13-14)12-16-21(31)26(22(32)33-16)7-3-4-18(28)29/h5-6,12-13H,3-4,7-11H2,1-2H3,(H,28,29). The van der Waals surface area contributed by atoms with Gasteiger partial charge in [-0.2, -0.15) is 0 Å². The van der Waals surface area contributed by atoms with Crippen LogP contribution in [0.3, 0.4) is 0 Å². The summed E-state index contributed by atoms with van der Waals surface area (Å²) in [4.78, 5) is 48.2. The van der Waals surface area contributed by atoms with Crippen LogP contribution < -0.4 is 10.5 Å². The monoisotopic (exact) mass is 487 g/mol. The van der Waals surface area contributed by atoms with Crippen LogP contribution in [0.4, 0.5) is 5.82 Å². The van der Waals surface area contributed by atoms with Gasteiger partial charge in [0.25, 0.3) is 11.5 Å². The SMILES string of the molecule is Cc1ccc2nc(N3CCN(C)CC3)c(C=C3SC(=S)N(CCCC(=O)O)C3=O)c(=O)n2c1. The van der Waals surface area contributed by atoms with Gasteiger partial charge in [0.2, 0.25) is 0 Å². The molecule has 0 radical (unpaired) electrons. The lowest BCUT2D eigenvalue weighted by molar-refractivity contribution is -0.137. The molecule has 2 saturated heterocycles. The van der Waals surface area contributed by atoms with Gasteiger partial charge in [0.15, 0.2) is 0 Å². The highest BCUT2D eigenvalue weighted by molar-refractivity contribution is 8.26. The number of fused-ring (bicyclic) bond motifs is 1. The third-order valence-corrected chi connectivity index (χ3v) is 7.09. The Labute approximate surface area is 200 Å². The van der Waals surface area contributed by atoms with Crippen LogP contribution in [0.5, 0.6) is 0 Å². The Morgan fingerprint density at radius 2 is 1.97 bits per heavy atom. The van der Waals surface area contributed by atoms with Crippen molar-refractivity contribution in [1.82, 2.24) is 19.2 Å². The molecule has 0 saturated carbocycles. The highest BCUT2D eigenvalue weighted by atomic mass is 32.2. The summed E-state index contributed by atoms with van der Waals surface area (Å²) in [6.07, 6.45) is 3.60. The van der Waals surface area contributed by atoms with E-state index >= 15 is 0 Å². The fourth-order valence-electron chi connectivity index (χ4n) is 3.84. The maximum Gasteiger partial charge on any atom is 0.303 e. The fourth-order valence-corrected chi connectivity index (χ4v) is 5.14. The second-order valence-corrected chi connectivity index (χ2v) is 9.89. The van der Waals surface area contributed by atoms with Crippen LogP contribution >= 0.6 is 24.0 Å². The Morgan fingerprint density at radius 1 is 1.24 bits per heavy atom. The molecule has 0 spiro atoms. The van der Waals surface area contributed by atoms with Gasteiger partial charge in [-0.25, -0.2) is 4.98 Å². The van der Waals surface area contributed by atoms with E-state index in [2.05, 4.69) is 16.8 Å². The number of carboxylic acid groups (broad SMARTS) is 1. The smallest absolute Gasteiger partial charge is 0.303 e. The van der Waals surface area contributed by atoms with Gasteiger partial charge in [-0.3, -0.25) is 23.7 Å². The number of nitrogens with zero attached hydrogens (tertiary/aromatic N) is 5. The number of anilines is 1. The number of thiocarbonyl (C=S) groups is 1. The Morgan fingerprint density at radius 3 is 2.67 bits per heavy atom. The number of aryl methyl sites for hydroxylation is 1. The van der Waals surface area contributed by atoms with Crippen molar-refractivity contribution >= 4 is 57.7 Å². The van der Waals surface area contributed by atoms with E-state index in [-0.39, 0.29) is 24.4 Å². The zero-order valence-electron chi connectivity index (χ0n) is 18.5. The third kappa shape index (κ3) is 4.94. The Kier molecular flexibility index (Phi) is 6.82. The molecule has 1 N–H and O–H groups in total. The Hall–Kier alpha value is -2.76. The molecule has 0 aromatic carbocycles. The molecule has 2 aliphatic rings. The molecule has 2 aromatic heterocycles. The molecule has 11 heteroatoms. The quantitative estimate of drug-likeness (QED) is 0.483. The maximum atomic E-state index is 13.5. The number of pyridine rings is 1. The molecule has 0 aliphatic carbocycles. The van der Waals surface area contributed by atoms with Crippen LogP contribution in [0.25, 0.3) is 11.7 Å². The van der Waals surface area contributed by atoms with Gasteiger partial charge in [0.05, 0.1) is 10.5 Å². The first-order valence-electron chi connectivity index (χ1n) is 10.7. The second-order valence-electron chi connectivity index (χ2n) is 8.21. The number of carboxylic acids is 1. The number of piperazine rings is 1. The summed E-state index contributed by atoms with van der Waals surface area (Å²) in [5, 5.41) is 8.87. The second kappa shape index (κ2) is 9.62. The molecule has 2 fully saturated rings. The molecule has 1 amide bonds. The van der Waals surface area contributed by atoms with Crippen molar-refractivity contribution < 1.29 is 14.7 Å². The van der Waals surface area contributed by atoms with Gasteiger partial charge < -0.3 is 14.9 Å². The zero-order chi connectivity index (χ0) is 23.7. The van der Waals surface area contributed by atoms with E-state index in [4.69, 9.17) is 22.3 Å². The Balaban J connectivity index is 1.75. The predicted molar refractivity (Wildman–Crippen MR) is 133 cm³/mol. The van der Waals surface area contributed by atoms with Crippen LogP contribution in [-0.2, 0) is 9.59 Å². The van der Waals surface area contributed by atoms with Crippen LogP contribution in [0, 0.1) is 6.92 Å². The molecule has 0 bridgehead atoms. The lowest BCUT2D eigenvalue weighted by Gasteiger charge is -2.34. The molecular weight excluding hydrogens is 462 g/mol. The molecule has 2 aromatic rings. The number of aliphatic carboxylic acids is 1. The molecule has 9 nitrogen and oxygen atoms in total. The molecular formula is C22H25N5O4S2. The number of hydrogen-bond acceptors (Lipinski definition) is 8. The summed E-state index contributed by atoms with van der Waals surface area (Å²) >= 11 is 6.48. The maximum absolute atomic E-state index is 13.5. The summed E-state index contributed by atoms with van der Waals surface area (Å²) in [5.41, 5.74) is 1.59. The van der Waals surface area contributed by atoms with Crippen molar-refractivity contribution in [3.05, 3.63) is 44.7 Å². The first kappa shape index (κ1) is 23.4. The first-order chi connectivity index (χ1) is 15.7. The van der Waals surface area contributed by atoms with Gasteiger partial charge in [0.1, 0.15) is 15.8 Å². The summed E-state index contributed by atoms with van der Waals surface area (Å²) in [6.45, 7) is 5.28. The van der Waals surface area contributed by atoms with Gasteiger partial charge in [-0.1, -0.05) is 30.0 Å². The molecule has 0 atom stereocenters. The average molecular weight is 488 g/mol. The fraction of sp³-hybridized carbons (Fsp3) is 0.409. The summed E-state index contributed by atoms with van der Waals surface area (Å²) in [5.74, 6) is -0.667. The van der Waals surface area contributed by atoms with Crippen molar-refractivity contribution in [3.63, 3.8) is 0 Å². The lowest BCUT2D eigenvalue weighted by atomic mass is 10.2. The van der Waals surface area contributed by atoms with E-state index in [1.165, 1.54) is 9.30 Å². The molecule has 0 unspecified atom stereocenters. The minimum atomic E-state index is -0.918. The van der Waals surface area contributed by atoms with Gasteiger partial charge in [-0.05, 0) is 38.1 Å². The molecule has 33 heavy (non-hydrogen) atoms. The zero-order valence-corrected chi connectivity index (χ0v) is 20.1. The third-order valence-electron chi connectivity index (χ3n) is 5.71. The number of aromatic nitrogens is 2. The predicted octanol–water partition coefficient (Wildman–Crippen LogP) is 1.82. The summed E-state index contributed by atoms with van der Waals surface area (Å²) in [6, 6.07) is 3.74. The van der Waals surface area contributed by atoms with Gasteiger partial charge in [0, 0.05) is 45.3 Å². The summed E-state index contributed by atoms with van der Waals surface area (Å²) < 4.78 is 1.87. The van der Waals surface area contributed by atoms with E-state index in [9.17, 15) is 14.4 Å². The highest BCUT2D eigenvalue weighted by Gasteiger charge is 2.33. The van der Waals surface area contributed by atoms with Crippen molar-refractivity contribution in [1.29, 1.82) is 0 Å². The number of amides is 1. The van der Waals surface area contributed by atoms with Crippen molar-refractivity contribution in [3.8, 4) is 0 Å². The van der Waals surface area contributed by atoms with E-state index < -0.39 is 5.97 Å². The largest absolute Gasteiger partial charge is 0.481 e. The normalized spacial score (nSPS) is 18.7. The van der Waals surface area contributed by atoms with E-state index in [0.717, 1.165) is 43.5 Å². The number of rotatable bonds is 6. The van der Waals surface area contributed by atoms with Gasteiger partial charge in [-0.15, -0.1) is 0 Å². The minimum Gasteiger partial charge on any atom is -0.481 e. The van der Waals surface area contributed by atoms with Crippen molar-refractivity contribution in [2.75, 3.05) is 44.7 Å². The average Bonchev–Trinajstić information content (AvgIpc) is 3.04. The summed E-state index contributed by atoms with van der Waals surface area (Å²) in [7, 11) is 2.05. The molecule has 2 aliphatic heterocycles. The van der Waals surface area contributed by atoms with E-state index in [1.807, 2.05) is 19.1 Å². The van der Waals surface area contributed by atoms with Crippen molar-refractivity contribution in [2.45, 2.75) is 19.8 Å². The van der Waals surface area contributed by atoms with Crippen LogP contribution in [0.1, 0.15) is 24.0 Å². The molecule has 174 valence electrons. The number of carbonyl (C=O) groups excluding carboxylic acids is 1. The first-order valence-corrected chi connectivity index (χ1v) is 11.9. The van der Waals surface area contributed by atoms with Gasteiger partial charge >= 0.3 is 5.97 Å². The molecule has 4 heterocycles. The number of likely N-dealkylation sites (N-methyl/N-ethyl adjacent to an activating group) is 1. The topological polar surface area (TPSA) is 98.5 Å². The number of thioether (sulfide) groups is 1. The van der Waals surface area contributed by atoms with E-state index in [0.29, 0.717) is 32.7 Å². The Bertz CT molecular complexity index is 1220. The van der Waals surface area contributed by atoms with E-state index in [1.54, 1.807) is 12.3 Å². The van der Waals surface area contributed by atoms with Crippen molar-refractivity contribution in [2.24, 2.45) is 0 Å². The van der Waals surface area contributed by atoms with Crippen LogP contribution in [0.15, 0.2) is 28.0 Å².